The summed E-state index contributed by atoms with van der Waals surface area (Å²) in [7, 11) is 0. The van der Waals surface area contributed by atoms with E-state index in [0.29, 0.717) is 6.04 Å². The van der Waals surface area contributed by atoms with Crippen LogP contribution >= 0.6 is 11.8 Å². The van der Waals surface area contributed by atoms with Crippen LogP contribution in [-0.2, 0) is 0 Å². The van der Waals surface area contributed by atoms with Crippen LogP contribution in [-0.4, -0.2) is 23.8 Å². The first-order valence-electron chi connectivity index (χ1n) is 3.82. The van der Waals surface area contributed by atoms with E-state index >= 15 is 0 Å². The fourth-order valence-electron chi connectivity index (χ4n) is 0.706. The van der Waals surface area contributed by atoms with Crippen LogP contribution in [0.1, 0.15) is 6.92 Å². The lowest BCUT2D eigenvalue weighted by atomic mass is 10.4. The average molecular weight is 167 g/mol. The van der Waals surface area contributed by atoms with Crippen LogP contribution in [0, 0.1) is 0 Å². The first-order valence-corrected chi connectivity index (χ1v) is 4.98. The van der Waals surface area contributed by atoms with Gasteiger partial charge in [-0.15, -0.1) is 0 Å². The molecule has 0 aromatic heterocycles. The fourth-order valence-corrected chi connectivity index (χ4v) is 1.32. The van der Waals surface area contributed by atoms with E-state index < -0.39 is 0 Å². The number of nitrogens with zero attached hydrogens (tertiary/aromatic N) is 1. The van der Waals surface area contributed by atoms with Gasteiger partial charge in [0, 0.05) is 17.7 Å². The van der Waals surface area contributed by atoms with E-state index in [9.17, 15) is 0 Å². The number of hydrogen-bond donors (Lipinski definition) is 0. The molecule has 0 aliphatic carbocycles. The minimum absolute atomic E-state index is 0.593. The van der Waals surface area contributed by atoms with E-state index in [0.717, 1.165) is 0 Å². The molecule has 1 aliphatic heterocycles. The van der Waals surface area contributed by atoms with Crippen LogP contribution in [0.3, 0.4) is 0 Å². The van der Waals surface area contributed by atoms with Crippen molar-refractivity contribution in [3.63, 3.8) is 0 Å². The molecule has 1 rings (SSSR count). The second-order valence-corrected chi connectivity index (χ2v) is 3.48. The molecule has 1 nitrogen and oxygen atoms in total. The van der Waals surface area contributed by atoms with E-state index in [1.807, 2.05) is 49.2 Å². The molecule has 0 atom stereocenters. The number of thioether (sulfide) groups is 1. The maximum atomic E-state index is 4.33. The highest BCUT2D eigenvalue weighted by atomic mass is 32.2. The van der Waals surface area contributed by atoms with Gasteiger partial charge >= 0.3 is 0 Å². The summed E-state index contributed by atoms with van der Waals surface area (Å²) >= 11 is 1.96. The van der Waals surface area contributed by atoms with Gasteiger partial charge < -0.3 is 0 Å². The Morgan fingerprint density at radius 1 is 1.27 bits per heavy atom. The van der Waals surface area contributed by atoms with Crippen molar-refractivity contribution in [1.29, 1.82) is 0 Å². The molecule has 0 saturated carbocycles. The van der Waals surface area contributed by atoms with Gasteiger partial charge in [-0.2, -0.15) is 11.8 Å². The van der Waals surface area contributed by atoms with Crippen molar-refractivity contribution in [3.05, 3.63) is 24.3 Å². The zero-order chi connectivity index (χ0) is 7.94. The van der Waals surface area contributed by atoms with Gasteiger partial charge in [0.05, 0.1) is 6.04 Å². The Balaban J connectivity index is 2.13. The summed E-state index contributed by atoms with van der Waals surface area (Å²) in [5.41, 5.74) is 0. The molecular weight excluding hydrogens is 154 g/mol. The van der Waals surface area contributed by atoms with Crippen molar-refractivity contribution in [3.8, 4) is 0 Å². The van der Waals surface area contributed by atoms with E-state index in [1.165, 1.54) is 11.5 Å². The van der Waals surface area contributed by atoms with Gasteiger partial charge in [0.2, 0.25) is 0 Å². The maximum Gasteiger partial charge on any atom is 0.0680 e. The minimum atomic E-state index is 0.593. The Kier molecular flexibility index (Phi) is 4.06. The van der Waals surface area contributed by atoms with Crippen molar-refractivity contribution < 1.29 is 0 Å². The smallest absolute Gasteiger partial charge is 0.0680 e. The Morgan fingerprint density at radius 3 is 2.64 bits per heavy atom. The summed E-state index contributed by atoms with van der Waals surface area (Å²) in [6.07, 6.45) is 9.87. The molecule has 0 spiro atoms. The summed E-state index contributed by atoms with van der Waals surface area (Å²) in [6, 6.07) is 0.593. The van der Waals surface area contributed by atoms with E-state index in [2.05, 4.69) is 4.99 Å². The minimum Gasteiger partial charge on any atom is -0.288 e. The van der Waals surface area contributed by atoms with Gasteiger partial charge in [0.25, 0.3) is 0 Å². The molecule has 2 heteroatoms. The normalized spacial score (nSPS) is 20.5. The molecule has 60 valence electrons. The van der Waals surface area contributed by atoms with Crippen LogP contribution in [0.25, 0.3) is 0 Å². The van der Waals surface area contributed by atoms with Crippen LogP contribution in [0.15, 0.2) is 29.3 Å². The summed E-state index contributed by atoms with van der Waals surface area (Å²) in [6.45, 7) is 2.00. The zero-order valence-corrected chi connectivity index (χ0v) is 7.55. The number of hydrogen-bond acceptors (Lipinski definition) is 2. The van der Waals surface area contributed by atoms with Crippen molar-refractivity contribution in [1.82, 2.24) is 0 Å². The molecule has 0 radical (unpaired) electrons. The van der Waals surface area contributed by atoms with Crippen LogP contribution in [0.4, 0.5) is 0 Å². The quantitative estimate of drug-likeness (QED) is 0.464. The second kappa shape index (κ2) is 5.19. The molecule has 0 aromatic rings. The lowest BCUT2D eigenvalue weighted by Crippen LogP contribution is -2.21. The first-order chi connectivity index (χ1) is 5.43. The molecule has 1 saturated heterocycles. The van der Waals surface area contributed by atoms with Crippen molar-refractivity contribution >= 4 is 18.0 Å². The predicted octanol–water partition coefficient (Wildman–Crippen LogP) is 2.30. The lowest BCUT2D eigenvalue weighted by Gasteiger charge is -2.19. The number of aliphatic imine (C=N–C) groups is 1. The van der Waals surface area contributed by atoms with Crippen LogP contribution < -0.4 is 0 Å². The Bertz CT molecular complexity index is 178. The van der Waals surface area contributed by atoms with Crippen molar-refractivity contribution in [2.45, 2.75) is 13.0 Å². The predicted molar refractivity (Wildman–Crippen MR) is 53.6 cm³/mol. The van der Waals surface area contributed by atoms with Crippen molar-refractivity contribution in [2.75, 3.05) is 11.5 Å². The molecule has 0 aromatic carbocycles. The Morgan fingerprint density at radius 2 is 2.09 bits per heavy atom. The van der Waals surface area contributed by atoms with Gasteiger partial charge in [-0.05, 0) is 13.0 Å². The molecule has 1 aliphatic rings. The molecule has 1 fully saturated rings. The van der Waals surface area contributed by atoms with E-state index in [4.69, 9.17) is 0 Å². The largest absolute Gasteiger partial charge is 0.288 e. The standard InChI is InChI=1S/C9H13NS/c1-2-3-4-5-6-10-9-7-11-8-9/h2-6,9H,7-8H2,1H3/b3-2-,5-4-,10-6+. The fraction of sp³-hybridized carbons (Fsp3) is 0.444. The molecule has 0 amide bonds. The molecule has 11 heavy (non-hydrogen) atoms. The van der Waals surface area contributed by atoms with Gasteiger partial charge in [-0.1, -0.05) is 18.2 Å². The maximum absolute atomic E-state index is 4.33. The molecule has 0 bridgehead atoms. The summed E-state index contributed by atoms with van der Waals surface area (Å²) in [4.78, 5) is 4.33. The Labute approximate surface area is 72.3 Å². The highest BCUT2D eigenvalue weighted by molar-refractivity contribution is 8.00. The van der Waals surface area contributed by atoms with E-state index in [1.54, 1.807) is 0 Å². The summed E-state index contributed by atoms with van der Waals surface area (Å²) < 4.78 is 0. The van der Waals surface area contributed by atoms with Crippen LogP contribution in [0.2, 0.25) is 0 Å². The highest BCUT2D eigenvalue weighted by Gasteiger charge is 2.14. The third-order valence-corrected chi connectivity index (χ3v) is 2.66. The first kappa shape index (κ1) is 8.60. The third kappa shape index (κ3) is 3.42. The summed E-state index contributed by atoms with van der Waals surface area (Å²) in [5.74, 6) is 2.40. The molecule has 0 N–H and O–H groups in total. The molecular formula is C9H13NS. The van der Waals surface area contributed by atoms with Gasteiger partial charge in [0.15, 0.2) is 0 Å². The topological polar surface area (TPSA) is 12.4 Å². The Hall–Kier alpha value is -0.500. The number of rotatable bonds is 3. The lowest BCUT2D eigenvalue weighted by molar-refractivity contribution is 0.827. The number of allylic oxidation sites excluding steroid dienone is 4. The van der Waals surface area contributed by atoms with Gasteiger partial charge in [-0.25, -0.2) is 0 Å². The summed E-state index contributed by atoms with van der Waals surface area (Å²) in [5, 5.41) is 0. The average Bonchev–Trinajstić information content (AvgIpc) is 1.93. The third-order valence-electron chi connectivity index (χ3n) is 1.42. The molecule has 1 heterocycles. The second-order valence-electron chi connectivity index (χ2n) is 2.40. The zero-order valence-electron chi connectivity index (χ0n) is 6.73. The highest BCUT2D eigenvalue weighted by Crippen LogP contribution is 2.19. The van der Waals surface area contributed by atoms with Gasteiger partial charge in [-0.3, -0.25) is 4.99 Å². The monoisotopic (exact) mass is 167 g/mol. The van der Waals surface area contributed by atoms with Crippen LogP contribution in [0.5, 0.6) is 0 Å². The van der Waals surface area contributed by atoms with E-state index in [-0.39, 0.29) is 0 Å². The SMILES string of the molecule is C\C=C/C=C\C=N\C1CSC1. The molecule has 0 unspecified atom stereocenters. The van der Waals surface area contributed by atoms with Gasteiger partial charge in [0.1, 0.15) is 0 Å². The van der Waals surface area contributed by atoms with Crippen molar-refractivity contribution in [2.24, 2.45) is 4.99 Å².